The van der Waals surface area contributed by atoms with Crippen LogP contribution in [0.3, 0.4) is 0 Å². The minimum Gasteiger partial charge on any atom is -0.347 e. The minimum absolute atomic E-state index is 0.269. The Morgan fingerprint density at radius 3 is 2.74 bits per heavy atom. The standard InChI is InChI=1S/C22H15ClN6OS/c23-15-3-2-14-5-7-25-21(17(14)10-15)27-16-6-8-24-20(11-16)22(30)26-12-13-1-4-18-19(9-13)29-31-28-18/h1-11H,12H2,(H,26,30)(H,24,25,27). The van der Waals surface area contributed by atoms with Crippen molar-refractivity contribution in [1.29, 1.82) is 0 Å². The van der Waals surface area contributed by atoms with Gasteiger partial charge in [0.1, 0.15) is 22.5 Å². The van der Waals surface area contributed by atoms with Crippen molar-refractivity contribution in [3.8, 4) is 0 Å². The Kier molecular flexibility index (Phi) is 5.15. The molecule has 2 N–H and O–H groups in total. The number of fused-ring (bicyclic) bond motifs is 2. The Labute approximate surface area is 186 Å². The molecule has 3 heterocycles. The van der Waals surface area contributed by atoms with Crippen LogP contribution < -0.4 is 10.6 Å². The number of benzene rings is 2. The van der Waals surface area contributed by atoms with E-state index >= 15 is 0 Å². The van der Waals surface area contributed by atoms with Crippen LogP contribution in [0, 0.1) is 0 Å². The lowest BCUT2D eigenvalue weighted by molar-refractivity contribution is 0.0946. The molecule has 31 heavy (non-hydrogen) atoms. The summed E-state index contributed by atoms with van der Waals surface area (Å²) in [6, 6.07) is 16.8. The number of rotatable bonds is 5. The van der Waals surface area contributed by atoms with Gasteiger partial charge < -0.3 is 10.6 Å². The van der Waals surface area contributed by atoms with Crippen molar-refractivity contribution in [2.45, 2.75) is 6.54 Å². The quantitative estimate of drug-likeness (QED) is 0.396. The minimum atomic E-state index is -0.269. The molecule has 5 rings (SSSR count). The molecule has 5 aromatic rings. The molecule has 0 fully saturated rings. The first kappa shape index (κ1) is 19.3. The number of hydrogen-bond donors (Lipinski definition) is 2. The highest BCUT2D eigenvalue weighted by atomic mass is 35.5. The number of pyridine rings is 2. The van der Waals surface area contributed by atoms with Crippen LogP contribution in [0.25, 0.3) is 21.8 Å². The third-order valence-electron chi connectivity index (χ3n) is 4.75. The Hall–Kier alpha value is -3.62. The topological polar surface area (TPSA) is 92.7 Å². The highest BCUT2D eigenvalue weighted by Gasteiger charge is 2.10. The van der Waals surface area contributed by atoms with Gasteiger partial charge in [0, 0.05) is 35.0 Å². The lowest BCUT2D eigenvalue weighted by Crippen LogP contribution is -2.23. The molecule has 0 aliphatic carbocycles. The number of nitrogens with zero attached hydrogens (tertiary/aromatic N) is 4. The van der Waals surface area contributed by atoms with E-state index < -0.39 is 0 Å². The van der Waals surface area contributed by atoms with Crippen LogP contribution in [0.4, 0.5) is 11.5 Å². The number of aromatic nitrogens is 4. The predicted molar refractivity (Wildman–Crippen MR) is 123 cm³/mol. The highest BCUT2D eigenvalue weighted by Crippen LogP contribution is 2.27. The van der Waals surface area contributed by atoms with E-state index in [4.69, 9.17) is 11.6 Å². The Morgan fingerprint density at radius 1 is 0.935 bits per heavy atom. The number of carbonyl (C=O) groups is 1. The first-order chi connectivity index (χ1) is 15.2. The fourth-order valence-electron chi connectivity index (χ4n) is 3.22. The summed E-state index contributed by atoms with van der Waals surface area (Å²) in [5.74, 6) is 0.386. The molecule has 3 aromatic heterocycles. The second-order valence-electron chi connectivity index (χ2n) is 6.85. The van der Waals surface area contributed by atoms with E-state index in [2.05, 4.69) is 29.3 Å². The van der Waals surface area contributed by atoms with Gasteiger partial charge >= 0.3 is 0 Å². The Bertz CT molecular complexity index is 1420. The predicted octanol–water partition coefficient (Wildman–Crippen LogP) is 4.96. The van der Waals surface area contributed by atoms with Crippen molar-refractivity contribution in [1.82, 2.24) is 24.0 Å². The maximum absolute atomic E-state index is 12.6. The Balaban J connectivity index is 1.33. The summed E-state index contributed by atoms with van der Waals surface area (Å²) in [6.07, 6.45) is 3.31. The second kappa shape index (κ2) is 8.25. The van der Waals surface area contributed by atoms with Gasteiger partial charge in [-0.15, -0.1) is 0 Å². The van der Waals surface area contributed by atoms with Crippen molar-refractivity contribution in [2.75, 3.05) is 5.32 Å². The molecule has 0 bridgehead atoms. The molecule has 0 atom stereocenters. The maximum atomic E-state index is 12.6. The zero-order valence-corrected chi connectivity index (χ0v) is 17.6. The van der Waals surface area contributed by atoms with E-state index in [1.54, 1.807) is 24.5 Å². The van der Waals surface area contributed by atoms with Crippen molar-refractivity contribution < 1.29 is 4.79 Å². The molecule has 0 aliphatic rings. The van der Waals surface area contributed by atoms with Crippen LogP contribution in [-0.2, 0) is 6.54 Å². The average Bonchev–Trinajstić information content (AvgIpc) is 3.26. The molecule has 0 saturated heterocycles. The fourth-order valence-corrected chi connectivity index (χ4v) is 3.91. The van der Waals surface area contributed by atoms with E-state index in [1.165, 1.54) is 11.7 Å². The van der Waals surface area contributed by atoms with Gasteiger partial charge in [-0.25, -0.2) is 4.98 Å². The number of anilines is 2. The van der Waals surface area contributed by atoms with Gasteiger partial charge in [-0.1, -0.05) is 23.7 Å². The molecule has 152 valence electrons. The largest absolute Gasteiger partial charge is 0.347 e. The highest BCUT2D eigenvalue weighted by molar-refractivity contribution is 7.00. The maximum Gasteiger partial charge on any atom is 0.270 e. The van der Waals surface area contributed by atoms with Gasteiger partial charge in [0.05, 0.1) is 11.7 Å². The van der Waals surface area contributed by atoms with Crippen LogP contribution in [0.5, 0.6) is 0 Å². The van der Waals surface area contributed by atoms with Crippen LogP contribution in [-0.4, -0.2) is 24.6 Å². The number of halogens is 1. The summed E-state index contributed by atoms with van der Waals surface area (Å²) in [6.45, 7) is 0.370. The van der Waals surface area contributed by atoms with E-state index in [0.29, 0.717) is 28.8 Å². The lowest BCUT2D eigenvalue weighted by Gasteiger charge is -2.10. The summed E-state index contributed by atoms with van der Waals surface area (Å²) >= 11 is 7.32. The van der Waals surface area contributed by atoms with Gasteiger partial charge in [0.15, 0.2) is 0 Å². The zero-order valence-electron chi connectivity index (χ0n) is 16.0. The van der Waals surface area contributed by atoms with Gasteiger partial charge in [-0.05, 0) is 53.4 Å². The third-order valence-corrected chi connectivity index (χ3v) is 5.55. The van der Waals surface area contributed by atoms with Crippen molar-refractivity contribution in [3.63, 3.8) is 0 Å². The van der Waals surface area contributed by atoms with Gasteiger partial charge in [0.25, 0.3) is 5.91 Å². The molecule has 1 amide bonds. The average molecular weight is 447 g/mol. The molecule has 0 unspecified atom stereocenters. The molecule has 2 aromatic carbocycles. The molecule has 0 aliphatic heterocycles. The third kappa shape index (κ3) is 4.16. The summed E-state index contributed by atoms with van der Waals surface area (Å²) < 4.78 is 8.41. The SMILES string of the molecule is O=C(NCc1ccc2nsnc2c1)c1cc(Nc2nccc3ccc(Cl)cc23)ccn1. The second-order valence-corrected chi connectivity index (χ2v) is 7.81. The summed E-state index contributed by atoms with van der Waals surface area (Å²) in [7, 11) is 0. The fraction of sp³-hybridized carbons (Fsp3) is 0.0455. The monoisotopic (exact) mass is 446 g/mol. The first-order valence-corrected chi connectivity index (χ1v) is 10.5. The lowest BCUT2D eigenvalue weighted by atomic mass is 10.1. The number of nitrogens with one attached hydrogen (secondary N) is 2. The number of amides is 1. The van der Waals surface area contributed by atoms with Crippen molar-refractivity contribution >= 4 is 62.5 Å². The molecular weight excluding hydrogens is 432 g/mol. The number of carbonyl (C=O) groups excluding carboxylic acids is 1. The van der Waals surface area contributed by atoms with E-state index in [9.17, 15) is 4.79 Å². The zero-order chi connectivity index (χ0) is 21.2. The van der Waals surface area contributed by atoms with Crippen LogP contribution in [0.1, 0.15) is 16.1 Å². The summed E-state index contributed by atoms with van der Waals surface area (Å²) in [5, 5.41) is 8.69. The van der Waals surface area contributed by atoms with Crippen molar-refractivity contribution in [2.24, 2.45) is 0 Å². The van der Waals surface area contributed by atoms with Crippen LogP contribution in [0.2, 0.25) is 5.02 Å². The van der Waals surface area contributed by atoms with Gasteiger partial charge in [-0.3, -0.25) is 9.78 Å². The molecule has 0 radical (unpaired) electrons. The molecule has 0 saturated carbocycles. The van der Waals surface area contributed by atoms with Crippen LogP contribution >= 0.6 is 23.3 Å². The van der Waals surface area contributed by atoms with Gasteiger partial charge in [0.2, 0.25) is 0 Å². The summed E-state index contributed by atoms with van der Waals surface area (Å²) in [4.78, 5) is 21.2. The molecular formula is C22H15ClN6OS. The normalized spacial score (nSPS) is 11.0. The molecule has 0 spiro atoms. The first-order valence-electron chi connectivity index (χ1n) is 9.42. The Morgan fingerprint density at radius 2 is 1.81 bits per heavy atom. The van der Waals surface area contributed by atoms with E-state index in [1.807, 2.05) is 42.5 Å². The number of hydrogen-bond acceptors (Lipinski definition) is 7. The van der Waals surface area contributed by atoms with E-state index in [-0.39, 0.29) is 5.91 Å². The molecule has 9 heteroatoms. The van der Waals surface area contributed by atoms with Crippen LogP contribution in [0.15, 0.2) is 67.0 Å². The molecule has 7 nitrogen and oxygen atoms in total. The van der Waals surface area contributed by atoms with Gasteiger partial charge in [-0.2, -0.15) is 8.75 Å². The smallest absolute Gasteiger partial charge is 0.270 e. The summed E-state index contributed by atoms with van der Waals surface area (Å²) in [5.41, 5.74) is 3.63. The van der Waals surface area contributed by atoms with E-state index in [0.717, 1.165) is 27.4 Å². The van der Waals surface area contributed by atoms with Crippen molar-refractivity contribution in [3.05, 3.63) is 83.3 Å².